The number of carbonyl (C=O) groups is 1. The van der Waals surface area contributed by atoms with Crippen molar-refractivity contribution < 1.29 is 37.7 Å². The van der Waals surface area contributed by atoms with Gasteiger partial charge in [-0.15, -0.1) is 19.8 Å². The van der Waals surface area contributed by atoms with Crippen molar-refractivity contribution in [1.29, 1.82) is 0 Å². The number of likely N-dealkylation sites (tertiary alicyclic amines) is 1. The van der Waals surface area contributed by atoms with Gasteiger partial charge in [0.25, 0.3) is 0 Å². The number of alkyl halides is 3. The monoisotopic (exact) mass is 570 g/mol. The van der Waals surface area contributed by atoms with Crippen LogP contribution in [0, 0.1) is 0 Å². The van der Waals surface area contributed by atoms with Gasteiger partial charge in [0, 0.05) is 37.8 Å². The first-order chi connectivity index (χ1) is 19.3. The van der Waals surface area contributed by atoms with Crippen molar-refractivity contribution >= 4 is 12.0 Å². The molecule has 5 atom stereocenters. The van der Waals surface area contributed by atoms with Crippen LogP contribution in [0.25, 0.3) is 6.08 Å². The number of aliphatic hydroxyl groups is 1. The quantitative estimate of drug-likeness (QED) is 0.392. The second kappa shape index (κ2) is 9.25. The Kier molecular flexibility index (Phi) is 6.24. The van der Waals surface area contributed by atoms with E-state index >= 15 is 0 Å². The van der Waals surface area contributed by atoms with Gasteiger partial charge in [-0.1, -0.05) is 24.3 Å². The van der Waals surface area contributed by atoms with Crippen molar-refractivity contribution in [1.82, 2.24) is 9.80 Å². The van der Waals surface area contributed by atoms with Crippen LogP contribution in [-0.2, 0) is 16.6 Å². The van der Waals surface area contributed by atoms with Gasteiger partial charge in [-0.3, -0.25) is 9.69 Å². The van der Waals surface area contributed by atoms with E-state index in [0.717, 1.165) is 11.1 Å². The number of rotatable bonds is 6. The summed E-state index contributed by atoms with van der Waals surface area (Å²) in [7, 11) is 1.67. The summed E-state index contributed by atoms with van der Waals surface area (Å²) in [6.07, 6.45) is 1.88. The highest BCUT2D eigenvalue weighted by Crippen LogP contribution is 2.69. The van der Waals surface area contributed by atoms with Crippen molar-refractivity contribution in [3.05, 3.63) is 71.8 Å². The van der Waals surface area contributed by atoms with E-state index in [0.29, 0.717) is 50.1 Å². The van der Waals surface area contributed by atoms with Crippen molar-refractivity contribution in [2.75, 3.05) is 20.1 Å². The van der Waals surface area contributed by atoms with E-state index in [-0.39, 0.29) is 23.4 Å². The van der Waals surface area contributed by atoms with Gasteiger partial charge in [0.15, 0.2) is 11.5 Å². The number of phenolic OH excluding ortho intramolecular Hbond substituents is 1. The van der Waals surface area contributed by atoms with E-state index in [1.54, 1.807) is 24.1 Å². The zero-order valence-corrected chi connectivity index (χ0v) is 22.9. The molecule has 1 spiro atoms. The zero-order valence-electron chi connectivity index (χ0n) is 22.9. The molecule has 2 N–H and O–H groups in total. The molecule has 0 aromatic heterocycles. The normalized spacial score (nSPS) is 31.9. The molecule has 2 fully saturated rings. The van der Waals surface area contributed by atoms with Crippen molar-refractivity contribution in [3.63, 3.8) is 0 Å². The van der Waals surface area contributed by atoms with Crippen molar-refractivity contribution in [2.45, 2.75) is 67.7 Å². The molecule has 10 heteroatoms. The number of phenols is 1. The molecular weight excluding hydrogens is 537 g/mol. The molecule has 1 amide bonds. The molecule has 2 aromatic carbocycles. The van der Waals surface area contributed by atoms with Gasteiger partial charge in [0.05, 0.1) is 17.1 Å². The minimum atomic E-state index is -4.82. The lowest BCUT2D eigenvalue weighted by Gasteiger charge is -2.67. The Labute approximate surface area is 236 Å². The Balaban J connectivity index is 1.35. The number of benzene rings is 2. The highest BCUT2D eigenvalue weighted by molar-refractivity contribution is 5.92. The van der Waals surface area contributed by atoms with E-state index in [1.807, 2.05) is 19.1 Å². The van der Waals surface area contributed by atoms with Crippen LogP contribution in [0.5, 0.6) is 17.2 Å². The highest BCUT2D eigenvalue weighted by Gasteiger charge is 2.78. The molecule has 2 heterocycles. The lowest BCUT2D eigenvalue weighted by Crippen LogP contribution is -2.82. The molecule has 2 aliphatic heterocycles. The maximum Gasteiger partial charge on any atom is 0.573 e. The summed E-state index contributed by atoms with van der Waals surface area (Å²) in [6, 6.07) is 8.31. The van der Waals surface area contributed by atoms with Crippen LogP contribution in [0.4, 0.5) is 13.2 Å². The van der Waals surface area contributed by atoms with Crippen LogP contribution >= 0.6 is 0 Å². The Bertz CT molecular complexity index is 1440. The van der Waals surface area contributed by atoms with Crippen LogP contribution in [-0.4, -0.2) is 75.7 Å². The lowest BCUT2D eigenvalue weighted by molar-refractivity contribution is -0.274. The van der Waals surface area contributed by atoms with Gasteiger partial charge in [-0.2, -0.15) is 0 Å². The van der Waals surface area contributed by atoms with Crippen molar-refractivity contribution in [3.8, 4) is 17.2 Å². The van der Waals surface area contributed by atoms with Crippen molar-refractivity contribution in [2.24, 2.45) is 0 Å². The van der Waals surface area contributed by atoms with Gasteiger partial charge in [0.1, 0.15) is 11.4 Å². The fraction of sp³-hybridized carbons (Fsp3) is 0.452. The molecule has 6 rings (SSSR count). The van der Waals surface area contributed by atoms with E-state index in [1.165, 1.54) is 30.4 Å². The van der Waals surface area contributed by atoms with Crippen LogP contribution in [0.3, 0.4) is 0 Å². The van der Waals surface area contributed by atoms with Gasteiger partial charge >= 0.3 is 6.36 Å². The summed E-state index contributed by atoms with van der Waals surface area (Å²) in [5.41, 5.74) is -0.799. The SMILES string of the molecule is C=CCN1CC[C@]23c4c5ccc(O)c4O[C@@]2(C)[C@@H](N(C)C(=O)C=Cc2cccc(OC(F)(F)F)c2)CC[C@@]3(O)[C@H]1C5. The first kappa shape index (κ1) is 27.7. The first-order valence-corrected chi connectivity index (χ1v) is 13.8. The molecule has 0 radical (unpaired) electrons. The summed E-state index contributed by atoms with van der Waals surface area (Å²) in [5.74, 6) is -0.345. The number of amides is 1. The molecule has 7 nitrogen and oxygen atoms in total. The molecule has 218 valence electrons. The molecular formula is C31H33F3N2O5. The molecule has 2 aliphatic carbocycles. The summed E-state index contributed by atoms with van der Waals surface area (Å²) >= 11 is 0. The largest absolute Gasteiger partial charge is 0.573 e. The molecule has 4 aliphatic rings. The summed E-state index contributed by atoms with van der Waals surface area (Å²) in [4.78, 5) is 17.3. The number of ether oxygens (including phenoxy) is 2. The van der Waals surface area contributed by atoms with Gasteiger partial charge in [-0.05, 0) is 68.0 Å². The molecule has 2 aromatic rings. The number of hydrogen-bond acceptors (Lipinski definition) is 6. The Morgan fingerprint density at radius 1 is 1.29 bits per heavy atom. The van der Waals surface area contributed by atoms with Crippen LogP contribution in [0.1, 0.15) is 42.9 Å². The molecule has 1 saturated heterocycles. The average molecular weight is 571 g/mol. The second-order valence-corrected chi connectivity index (χ2v) is 11.7. The number of aromatic hydroxyl groups is 1. The van der Waals surface area contributed by atoms with E-state index in [4.69, 9.17) is 4.74 Å². The zero-order chi connectivity index (χ0) is 29.4. The minimum Gasteiger partial charge on any atom is -0.504 e. The maximum atomic E-state index is 13.5. The minimum absolute atomic E-state index is 0.0108. The number of halogens is 3. The van der Waals surface area contributed by atoms with E-state index in [2.05, 4.69) is 16.2 Å². The number of carbonyl (C=O) groups excluding carboxylic acids is 1. The Morgan fingerprint density at radius 3 is 2.80 bits per heavy atom. The van der Waals surface area contributed by atoms with Crippen LogP contribution in [0.2, 0.25) is 0 Å². The molecule has 1 saturated carbocycles. The summed E-state index contributed by atoms with van der Waals surface area (Å²) < 4.78 is 48.6. The first-order valence-electron chi connectivity index (χ1n) is 13.8. The smallest absolute Gasteiger partial charge is 0.504 e. The maximum absolute atomic E-state index is 13.5. The number of likely N-dealkylation sites (N-methyl/N-ethyl adjacent to an activating group) is 1. The highest BCUT2D eigenvalue weighted by atomic mass is 19.4. The standard InChI is InChI=1S/C31H33F3N2O5/c1-4-15-36-16-14-29-26-20-9-10-22(37)27(26)41-28(29,2)23(12-13-30(29,39)24(36)18-20)35(3)25(38)11-8-19-6-5-7-21(17-19)40-31(32,33)34/h4-11,17,23-24,37,39H,1,12-16,18H2,2-3H3/t23-,24+,28-,29-,30+/m0/s1. The lowest BCUT2D eigenvalue weighted by atomic mass is 9.44. The van der Waals surface area contributed by atoms with Crippen LogP contribution < -0.4 is 9.47 Å². The summed E-state index contributed by atoms with van der Waals surface area (Å²) in [5, 5.41) is 23.5. The molecule has 0 unspecified atom stereocenters. The fourth-order valence-corrected chi connectivity index (χ4v) is 8.26. The van der Waals surface area contributed by atoms with Crippen LogP contribution in [0.15, 0.2) is 55.1 Å². The third kappa shape index (κ3) is 3.90. The van der Waals surface area contributed by atoms with Gasteiger partial charge in [-0.25, -0.2) is 0 Å². The molecule has 41 heavy (non-hydrogen) atoms. The Morgan fingerprint density at radius 2 is 2.07 bits per heavy atom. The molecule has 2 bridgehead atoms. The third-order valence-corrected chi connectivity index (χ3v) is 9.85. The van der Waals surface area contributed by atoms with E-state index in [9.17, 15) is 28.2 Å². The average Bonchev–Trinajstić information content (AvgIpc) is 3.18. The fourth-order valence-electron chi connectivity index (χ4n) is 8.26. The second-order valence-electron chi connectivity index (χ2n) is 11.7. The number of hydrogen-bond donors (Lipinski definition) is 2. The topological polar surface area (TPSA) is 82.5 Å². The van der Waals surface area contributed by atoms with Gasteiger partial charge in [0.2, 0.25) is 5.91 Å². The third-order valence-electron chi connectivity index (χ3n) is 9.85. The number of nitrogens with zero attached hydrogens (tertiary/aromatic N) is 2. The van der Waals surface area contributed by atoms with Gasteiger partial charge < -0.3 is 24.6 Å². The summed E-state index contributed by atoms with van der Waals surface area (Å²) in [6.45, 7) is 7.18. The number of piperidine rings is 1. The predicted molar refractivity (Wildman–Crippen MR) is 146 cm³/mol. The predicted octanol–water partition coefficient (Wildman–Crippen LogP) is 4.56. The van der Waals surface area contributed by atoms with E-state index < -0.39 is 29.0 Å². The Hall–Kier alpha value is -3.50.